The van der Waals surface area contributed by atoms with E-state index >= 15 is 0 Å². The summed E-state index contributed by atoms with van der Waals surface area (Å²) in [5, 5.41) is 23.7. The molecule has 0 aliphatic carbocycles. The van der Waals surface area contributed by atoms with Gasteiger partial charge in [0.2, 0.25) is 5.84 Å². The van der Waals surface area contributed by atoms with Gasteiger partial charge in [0.25, 0.3) is 0 Å². The molecule has 0 unspecified atom stereocenters. The Labute approximate surface area is 113 Å². The van der Waals surface area contributed by atoms with E-state index in [0.29, 0.717) is 17.1 Å². The second kappa shape index (κ2) is 4.55. The number of nitrogens with zero attached hydrogens (tertiary/aromatic N) is 4. The molecule has 0 fully saturated rings. The first-order chi connectivity index (χ1) is 9.35. The van der Waals surface area contributed by atoms with E-state index in [0.717, 1.165) is 4.88 Å². The summed E-state index contributed by atoms with van der Waals surface area (Å²) >= 11 is 1.45. The van der Waals surface area contributed by atoms with E-state index < -0.39 is 0 Å². The largest absolute Gasteiger partial charge is 0.409 e. The van der Waals surface area contributed by atoms with Gasteiger partial charge in [-0.05, 0) is 23.6 Å². The van der Waals surface area contributed by atoms with Crippen LogP contribution >= 0.6 is 11.3 Å². The zero-order valence-electron chi connectivity index (χ0n) is 9.69. The monoisotopic (exact) mass is 268 g/mol. The van der Waals surface area contributed by atoms with Gasteiger partial charge in [-0.1, -0.05) is 17.3 Å². The van der Waals surface area contributed by atoms with Crippen molar-refractivity contribution < 1.29 is 5.21 Å². The van der Waals surface area contributed by atoms with E-state index in [1.165, 1.54) is 11.3 Å². The molecule has 0 bridgehead atoms. The van der Waals surface area contributed by atoms with Crippen LogP contribution in [0.4, 0.5) is 0 Å². The van der Waals surface area contributed by atoms with Gasteiger partial charge in [0, 0.05) is 11.1 Å². The first-order valence-electron chi connectivity index (χ1n) is 5.48. The highest BCUT2D eigenvalue weighted by atomic mass is 32.1. The summed E-state index contributed by atoms with van der Waals surface area (Å²) in [5.41, 5.74) is 0.796. The Balaban J connectivity index is 2.20. The highest BCUT2D eigenvalue weighted by molar-refractivity contribution is 7.11. The summed E-state index contributed by atoms with van der Waals surface area (Å²) < 4.78 is 0. The first-order valence-corrected chi connectivity index (χ1v) is 6.36. The topological polar surface area (TPSA) is 72.0 Å². The lowest BCUT2D eigenvalue weighted by molar-refractivity contribution is 0.314. The molecule has 5 nitrogen and oxygen atoms in total. The minimum Gasteiger partial charge on any atom is -0.409 e. The number of rotatable bonds is 1. The van der Waals surface area contributed by atoms with Crippen LogP contribution in [0.1, 0.15) is 4.88 Å². The first kappa shape index (κ1) is 11.4. The second-order valence-electron chi connectivity index (χ2n) is 3.78. The fourth-order valence-corrected chi connectivity index (χ4v) is 2.61. The Hall–Kier alpha value is -2.65. The molecule has 0 saturated heterocycles. The fraction of sp³-hybridized carbons (Fsp3) is 0. The van der Waals surface area contributed by atoms with Crippen molar-refractivity contribution in [2.24, 2.45) is 10.1 Å². The normalized spacial score (nSPS) is 21.3. The lowest BCUT2D eigenvalue weighted by Crippen LogP contribution is -2.27. The molecule has 6 heteroatoms. The molecule has 2 aliphatic heterocycles. The molecule has 1 N–H and O–H groups in total. The van der Waals surface area contributed by atoms with Crippen molar-refractivity contribution >= 4 is 28.6 Å². The summed E-state index contributed by atoms with van der Waals surface area (Å²) in [7, 11) is 0. The number of hydrogen-bond donors (Lipinski definition) is 1. The SMILES string of the molecule is N#C/C(=C1/N=C2C=CC=CN2/C1=N\O)c1cccs1. The van der Waals surface area contributed by atoms with Crippen molar-refractivity contribution in [1.29, 1.82) is 5.26 Å². The zero-order valence-corrected chi connectivity index (χ0v) is 10.5. The average molecular weight is 268 g/mol. The minimum atomic E-state index is 0.264. The molecule has 2 aliphatic rings. The Morgan fingerprint density at radius 1 is 1.47 bits per heavy atom. The summed E-state index contributed by atoms with van der Waals surface area (Å²) in [4.78, 5) is 6.81. The molecular formula is C13H8N4OS. The van der Waals surface area contributed by atoms with Gasteiger partial charge in [-0.25, -0.2) is 4.99 Å². The highest BCUT2D eigenvalue weighted by Crippen LogP contribution is 2.29. The van der Waals surface area contributed by atoms with Crippen LogP contribution in [0.3, 0.4) is 0 Å². The van der Waals surface area contributed by atoms with Gasteiger partial charge < -0.3 is 5.21 Å². The Bertz CT molecular complexity index is 702. The van der Waals surface area contributed by atoms with E-state index in [1.807, 2.05) is 29.7 Å². The van der Waals surface area contributed by atoms with Crippen LogP contribution in [0, 0.1) is 11.3 Å². The van der Waals surface area contributed by atoms with E-state index in [4.69, 9.17) is 0 Å². The third-order valence-corrected chi connectivity index (χ3v) is 3.60. The van der Waals surface area contributed by atoms with Gasteiger partial charge in [-0.15, -0.1) is 11.3 Å². The van der Waals surface area contributed by atoms with E-state index in [-0.39, 0.29) is 5.84 Å². The van der Waals surface area contributed by atoms with Crippen molar-refractivity contribution in [3.05, 3.63) is 52.5 Å². The Kier molecular flexibility index (Phi) is 2.74. The van der Waals surface area contributed by atoms with Gasteiger partial charge in [0.15, 0.2) is 0 Å². The van der Waals surface area contributed by atoms with Crippen LogP contribution in [0.5, 0.6) is 0 Å². The van der Waals surface area contributed by atoms with Crippen molar-refractivity contribution in [3.8, 4) is 6.07 Å². The predicted octanol–water partition coefficient (Wildman–Crippen LogP) is 2.57. The van der Waals surface area contributed by atoms with Crippen LogP contribution in [-0.4, -0.2) is 21.8 Å². The molecule has 19 heavy (non-hydrogen) atoms. The van der Waals surface area contributed by atoms with Gasteiger partial charge in [0.05, 0.1) is 5.57 Å². The van der Waals surface area contributed by atoms with Gasteiger partial charge in [-0.3, -0.25) is 4.90 Å². The van der Waals surface area contributed by atoms with Crippen LogP contribution in [0.25, 0.3) is 5.57 Å². The molecule has 0 radical (unpaired) electrons. The smallest absolute Gasteiger partial charge is 0.205 e. The Morgan fingerprint density at radius 3 is 3.05 bits per heavy atom. The third-order valence-electron chi connectivity index (χ3n) is 2.72. The maximum absolute atomic E-state index is 9.34. The lowest BCUT2D eigenvalue weighted by Gasteiger charge is -2.14. The number of amidine groups is 2. The van der Waals surface area contributed by atoms with E-state index in [1.54, 1.807) is 17.2 Å². The number of oxime groups is 1. The molecule has 3 heterocycles. The van der Waals surface area contributed by atoms with Crippen LogP contribution in [0.15, 0.2) is 57.8 Å². The number of hydrogen-bond acceptors (Lipinski definition) is 5. The average Bonchev–Trinajstić information content (AvgIpc) is 3.07. The van der Waals surface area contributed by atoms with Crippen molar-refractivity contribution in [3.63, 3.8) is 0 Å². The molecule has 1 aromatic heterocycles. The summed E-state index contributed by atoms with van der Waals surface area (Å²) in [6.07, 6.45) is 7.18. The molecule has 92 valence electrons. The van der Waals surface area contributed by atoms with Gasteiger partial charge >= 0.3 is 0 Å². The van der Waals surface area contributed by atoms with Crippen LogP contribution in [0.2, 0.25) is 0 Å². The molecule has 0 saturated carbocycles. The predicted molar refractivity (Wildman–Crippen MR) is 73.6 cm³/mol. The fourth-order valence-electron chi connectivity index (χ4n) is 1.89. The second-order valence-corrected chi connectivity index (χ2v) is 4.72. The van der Waals surface area contributed by atoms with Crippen molar-refractivity contribution in [2.45, 2.75) is 0 Å². The maximum atomic E-state index is 9.34. The van der Waals surface area contributed by atoms with Crippen LogP contribution in [-0.2, 0) is 0 Å². The van der Waals surface area contributed by atoms with Gasteiger partial charge in [-0.2, -0.15) is 5.26 Å². The molecule has 1 aromatic rings. The molecule has 0 aromatic carbocycles. The Morgan fingerprint density at radius 2 is 2.37 bits per heavy atom. The van der Waals surface area contributed by atoms with E-state index in [9.17, 15) is 10.5 Å². The lowest BCUT2D eigenvalue weighted by atomic mass is 10.2. The third kappa shape index (κ3) is 1.77. The molecule has 0 atom stereocenters. The number of allylic oxidation sites excluding steroid dienone is 3. The number of nitriles is 1. The summed E-state index contributed by atoms with van der Waals surface area (Å²) in [5.74, 6) is 0.898. The summed E-state index contributed by atoms with van der Waals surface area (Å²) in [6.45, 7) is 0. The quantitative estimate of drug-likeness (QED) is 0.483. The minimum absolute atomic E-state index is 0.264. The number of aliphatic imine (C=N–C) groups is 1. The van der Waals surface area contributed by atoms with Gasteiger partial charge in [0.1, 0.15) is 17.6 Å². The van der Waals surface area contributed by atoms with E-state index in [2.05, 4.69) is 16.2 Å². The maximum Gasteiger partial charge on any atom is 0.205 e. The standard InChI is InChI=1S/C13H8N4OS/c14-8-9(10-4-3-7-19-10)12-13(16-18)17-6-2-1-5-11(17)15-12/h1-7,18H/b12-9-,16-13-. The number of fused-ring (bicyclic) bond motifs is 1. The molecule has 3 rings (SSSR count). The molecular weight excluding hydrogens is 260 g/mol. The van der Waals surface area contributed by atoms with Crippen molar-refractivity contribution in [1.82, 2.24) is 4.90 Å². The highest BCUT2D eigenvalue weighted by Gasteiger charge is 2.30. The van der Waals surface area contributed by atoms with Crippen LogP contribution < -0.4 is 0 Å². The number of thiophene rings is 1. The summed E-state index contributed by atoms with van der Waals surface area (Å²) in [6, 6.07) is 5.84. The van der Waals surface area contributed by atoms with Crippen molar-refractivity contribution in [2.75, 3.05) is 0 Å². The molecule has 0 amide bonds. The zero-order chi connectivity index (χ0) is 13.2. The molecule has 0 spiro atoms.